The lowest BCUT2D eigenvalue weighted by molar-refractivity contribution is 0.211. The molecule has 0 aromatic carbocycles. The molecule has 4 nitrogen and oxygen atoms in total. The maximum atomic E-state index is 3.56. The molecule has 0 aromatic rings. The van der Waals surface area contributed by atoms with Crippen LogP contribution >= 0.6 is 0 Å². The van der Waals surface area contributed by atoms with Gasteiger partial charge in [0.1, 0.15) is 0 Å². The predicted molar refractivity (Wildman–Crippen MR) is 83.8 cm³/mol. The molecule has 1 unspecified atom stereocenters. The van der Waals surface area contributed by atoms with E-state index < -0.39 is 0 Å². The van der Waals surface area contributed by atoms with Gasteiger partial charge in [-0.2, -0.15) is 0 Å². The van der Waals surface area contributed by atoms with Gasteiger partial charge in [-0.1, -0.05) is 13.8 Å². The summed E-state index contributed by atoms with van der Waals surface area (Å²) in [6.45, 7) is 14.2. The Morgan fingerprint density at radius 2 is 1.89 bits per heavy atom. The SMILES string of the molecule is CCN(CC)C1CCN(CCNCCCN(C)C)C1. The Morgan fingerprint density at radius 1 is 1.16 bits per heavy atom. The van der Waals surface area contributed by atoms with Crippen molar-refractivity contribution in [2.24, 2.45) is 0 Å². The van der Waals surface area contributed by atoms with Crippen molar-refractivity contribution >= 4 is 0 Å². The number of rotatable bonds is 10. The van der Waals surface area contributed by atoms with Gasteiger partial charge in [-0.3, -0.25) is 4.90 Å². The number of hydrogen-bond donors (Lipinski definition) is 1. The van der Waals surface area contributed by atoms with E-state index in [-0.39, 0.29) is 0 Å². The number of likely N-dealkylation sites (tertiary alicyclic amines) is 1. The highest BCUT2D eigenvalue weighted by Crippen LogP contribution is 2.14. The maximum Gasteiger partial charge on any atom is 0.0235 e. The molecule has 1 heterocycles. The van der Waals surface area contributed by atoms with Gasteiger partial charge in [-0.05, 0) is 59.7 Å². The summed E-state index contributed by atoms with van der Waals surface area (Å²) in [5.41, 5.74) is 0. The summed E-state index contributed by atoms with van der Waals surface area (Å²) in [4.78, 5) is 7.46. The van der Waals surface area contributed by atoms with Gasteiger partial charge in [0.05, 0.1) is 0 Å². The Morgan fingerprint density at radius 3 is 2.53 bits per heavy atom. The Balaban J connectivity index is 2.02. The van der Waals surface area contributed by atoms with E-state index in [9.17, 15) is 0 Å². The van der Waals surface area contributed by atoms with Crippen molar-refractivity contribution in [3.8, 4) is 0 Å². The minimum atomic E-state index is 0.795. The van der Waals surface area contributed by atoms with Crippen LogP contribution in [0.1, 0.15) is 26.7 Å². The third-order valence-electron chi connectivity index (χ3n) is 4.14. The lowest BCUT2D eigenvalue weighted by atomic mass is 10.2. The smallest absolute Gasteiger partial charge is 0.0235 e. The van der Waals surface area contributed by atoms with Crippen molar-refractivity contribution in [1.82, 2.24) is 20.0 Å². The van der Waals surface area contributed by atoms with Crippen LogP contribution in [0.15, 0.2) is 0 Å². The second kappa shape index (κ2) is 9.70. The van der Waals surface area contributed by atoms with E-state index >= 15 is 0 Å². The molecular weight excluding hydrogens is 236 g/mol. The molecule has 0 saturated carbocycles. The van der Waals surface area contributed by atoms with E-state index in [0.29, 0.717) is 0 Å². The fourth-order valence-electron chi connectivity index (χ4n) is 2.94. The van der Waals surface area contributed by atoms with Crippen molar-refractivity contribution in [3.63, 3.8) is 0 Å². The minimum Gasteiger partial charge on any atom is -0.315 e. The molecule has 0 aromatic heterocycles. The van der Waals surface area contributed by atoms with E-state index in [4.69, 9.17) is 0 Å². The summed E-state index contributed by atoms with van der Waals surface area (Å²) in [6.07, 6.45) is 2.59. The minimum absolute atomic E-state index is 0.795. The third kappa shape index (κ3) is 6.70. The molecule has 0 amide bonds. The summed E-state index contributed by atoms with van der Waals surface area (Å²) < 4.78 is 0. The van der Waals surface area contributed by atoms with Crippen molar-refractivity contribution in [3.05, 3.63) is 0 Å². The lowest BCUT2D eigenvalue weighted by Gasteiger charge is -2.26. The Bertz CT molecular complexity index is 216. The second-order valence-electron chi connectivity index (χ2n) is 5.87. The monoisotopic (exact) mass is 270 g/mol. The first-order valence-corrected chi connectivity index (χ1v) is 7.99. The molecule has 1 saturated heterocycles. The summed E-state index contributed by atoms with van der Waals surface area (Å²) in [6, 6.07) is 0.795. The highest BCUT2D eigenvalue weighted by atomic mass is 15.3. The molecule has 0 radical (unpaired) electrons. The van der Waals surface area contributed by atoms with Gasteiger partial charge in [0.25, 0.3) is 0 Å². The zero-order chi connectivity index (χ0) is 14.1. The molecule has 1 aliphatic heterocycles. The quantitative estimate of drug-likeness (QED) is 0.597. The van der Waals surface area contributed by atoms with Crippen LogP contribution in [0.25, 0.3) is 0 Å². The van der Waals surface area contributed by atoms with Crippen molar-refractivity contribution < 1.29 is 0 Å². The fourth-order valence-corrected chi connectivity index (χ4v) is 2.94. The van der Waals surface area contributed by atoms with Crippen molar-refractivity contribution in [2.45, 2.75) is 32.7 Å². The Labute approximate surface area is 120 Å². The summed E-state index contributed by atoms with van der Waals surface area (Å²) in [5, 5.41) is 3.56. The number of hydrogen-bond acceptors (Lipinski definition) is 4. The summed E-state index contributed by atoms with van der Waals surface area (Å²) in [5.74, 6) is 0. The Kier molecular flexibility index (Phi) is 8.62. The van der Waals surface area contributed by atoms with E-state index in [0.717, 1.165) is 19.1 Å². The van der Waals surface area contributed by atoms with Crippen LogP contribution in [0.5, 0.6) is 0 Å². The molecule has 1 fully saturated rings. The van der Waals surface area contributed by atoms with E-state index in [1.54, 1.807) is 0 Å². The summed E-state index contributed by atoms with van der Waals surface area (Å²) >= 11 is 0. The van der Waals surface area contributed by atoms with E-state index in [1.807, 2.05) is 0 Å². The lowest BCUT2D eigenvalue weighted by Crippen LogP contribution is -2.38. The number of nitrogens with zero attached hydrogens (tertiary/aromatic N) is 3. The van der Waals surface area contributed by atoms with Gasteiger partial charge < -0.3 is 15.1 Å². The highest BCUT2D eigenvalue weighted by molar-refractivity contribution is 4.82. The molecule has 1 atom stereocenters. The normalized spacial score (nSPS) is 20.8. The number of likely N-dealkylation sites (N-methyl/N-ethyl adjacent to an activating group) is 1. The van der Waals surface area contributed by atoms with Gasteiger partial charge in [0.2, 0.25) is 0 Å². The predicted octanol–water partition coefficient (Wildman–Crippen LogP) is 0.944. The van der Waals surface area contributed by atoms with Gasteiger partial charge in [-0.25, -0.2) is 0 Å². The number of nitrogens with one attached hydrogen (secondary N) is 1. The van der Waals surface area contributed by atoms with Crippen molar-refractivity contribution in [2.75, 3.05) is 66.5 Å². The zero-order valence-corrected chi connectivity index (χ0v) is 13.5. The zero-order valence-electron chi connectivity index (χ0n) is 13.5. The second-order valence-corrected chi connectivity index (χ2v) is 5.87. The molecule has 1 N–H and O–H groups in total. The summed E-state index contributed by atoms with van der Waals surface area (Å²) in [7, 11) is 4.27. The maximum absolute atomic E-state index is 3.56. The van der Waals surface area contributed by atoms with E-state index in [2.05, 4.69) is 48.0 Å². The fraction of sp³-hybridized carbons (Fsp3) is 1.00. The first-order valence-electron chi connectivity index (χ1n) is 7.99. The van der Waals surface area contributed by atoms with Gasteiger partial charge in [-0.15, -0.1) is 0 Å². The molecule has 0 bridgehead atoms. The van der Waals surface area contributed by atoms with Crippen LogP contribution in [0.3, 0.4) is 0 Å². The molecule has 114 valence electrons. The van der Waals surface area contributed by atoms with Crippen LogP contribution < -0.4 is 5.32 Å². The van der Waals surface area contributed by atoms with Crippen molar-refractivity contribution in [1.29, 1.82) is 0 Å². The van der Waals surface area contributed by atoms with Crippen LogP contribution in [0, 0.1) is 0 Å². The average molecular weight is 270 g/mol. The van der Waals surface area contributed by atoms with Crippen LogP contribution in [-0.4, -0.2) is 87.2 Å². The molecular formula is C15H34N4. The van der Waals surface area contributed by atoms with Crippen LogP contribution in [0.2, 0.25) is 0 Å². The van der Waals surface area contributed by atoms with Gasteiger partial charge in [0.15, 0.2) is 0 Å². The first-order chi connectivity index (χ1) is 9.17. The van der Waals surface area contributed by atoms with Gasteiger partial charge in [0, 0.05) is 25.7 Å². The van der Waals surface area contributed by atoms with Gasteiger partial charge >= 0.3 is 0 Å². The molecule has 4 heteroatoms. The molecule has 0 spiro atoms. The average Bonchev–Trinajstić information content (AvgIpc) is 2.83. The van der Waals surface area contributed by atoms with Crippen LogP contribution in [-0.2, 0) is 0 Å². The highest BCUT2D eigenvalue weighted by Gasteiger charge is 2.25. The first kappa shape index (κ1) is 16.9. The molecule has 0 aliphatic carbocycles. The molecule has 1 rings (SSSR count). The largest absolute Gasteiger partial charge is 0.315 e. The van der Waals surface area contributed by atoms with Crippen LogP contribution in [0.4, 0.5) is 0 Å². The molecule has 1 aliphatic rings. The Hall–Kier alpha value is -0.160. The van der Waals surface area contributed by atoms with E-state index in [1.165, 1.54) is 52.1 Å². The molecule has 19 heavy (non-hydrogen) atoms. The standard InChI is InChI=1S/C15H34N4/c1-5-19(6-2)15-8-12-18(14-15)13-10-16-9-7-11-17(3)4/h15-16H,5-14H2,1-4H3. The third-order valence-corrected chi connectivity index (χ3v) is 4.14. The topological polar surface area (TPSA) is 21.8 Å².